The molecule has 1 aliphatic rings. The van der Waals surface area contributed by atoms with Gasteiger partial charge in [-0.15, -0.1) is 0 Å². The number of carboxylic acids is 1. The predicted octanol–water partition coefficient (Wildman–Crippen LogP) is 2.26. The van der Waals surface area contributed by atoms with Crippen molar-refractivity contribution >= 4 is 27.8 Å². The van der Waals surface area contributed by atoms with Crippen molar-refractivity contribution in [1.29, 1.82) is 0 Å². The number of nitrogens with zero attached hydrogens (tertiary/aromatic N) is 1. The second-order valence-corrected chi connectivity index (χ2v) is 5.27. The number of carbonyl (C=O) groups excluding carboxylic acids is 1. The molecule has 0 aliphatic carbocycles. The molecule has 1 heterocycles. The number of hydrogen-bond acceptors (Lipinski definition) is 2. The van der Waals surface area contributed by atoms with Crippen LogP contribution in [0, 0.1) is 5.92 Å². The number of carboxylic acid groups (broad SMARTS) is 1. The van der Waals surface area contributed by atoms with Crippen molar-refractivity contribution in [2.45, 2.75) is 45.1 Å². The maximum atomic E-state index is 11.8. The van der Waals surface area contributed by atoms with Crippen molar-refractivity contribution in [3.8, 4) is 0 Å². The fraction of sp³-hybridized carbons (Fsp3) is 0.833. The van der Waals surface area contributed by atoms with Gasteiger partial charge in [-0.05, 0) is 12.3 Å². The van der Waals surface area contributed by atoms with Crippen LogP contribution in [0.5, 0.6) is 0 Å². The van der Waals surface area contributed by atoms with Crippen LogP contribution in [0.1, 0.15) is 39.0 Å². The summed E-state index contributed by atoms with van der Waals surface area (Å²) in [7, 11) is 0. The molecular formula is C12H20BrNO3. The quantitative estimate of drug-likeness (QED) is 0.580. The maximum Gasteiger partial charge on any atom is 0.326 e. The summed E-state index contributed by atoms with van der Waals surface area (Å²) in [6.45, 7) is 2.66. The van der Waals surface area contributed by atoms with E-state index in [2.05, 4.69) is 22.9 Å². The summed E-state index contributed by atoms with van der Waals surface area (Å²) < 4.78 is 0. The molecule has 0 bridgehead atoms. The number of aliphatic carboxylic acids is 1. The number of alkyl halides is 1. The fourth-order valence-corrected chi connectivity index (χ4v) is 2.65. The zero-order chi connectivity index (χ0) is 12.8. The van der Waals surface area contributed by atoms with Crippen LogP contribution in [0.2, 0.25) is 0 Å². The second kappa shape index (κ2) is 6.99. The van der Waals surface area contributed by atoms with Crippen molar-refractivity contribution < 1.29 is 14.7 Å². The van der Waals surface area contributed by atoms with Gasteiger partial charge in [-0.2, -0.15) is 0 Å². The predicted molar refractivity (Wildman–Crippen MR) is 69.2 cm³/mol. The minimum Gasteiger partial charge on any atom is -0.480 e. The molecule has 98 valence electrons. The molecule has 4 nitrogen and oxygen atoms in total. The number of amides is 1. The molecule has 17 heavy (non-hydrogen) atoms. The van der Waals surface area contributed by atoms with Gasteiger partial charge < -0.3 is 10.0 Å². The second-order valence-electron chi connectivity index (χ2n) is 4.62. The van der Waals surface area contributed by atoms with E-state index in [0.29, 0.717) is 19.4 Å². The number of rotatable bonds is 7. The lowest BCUT2D eigenvalue weighted by Crippen LogP contribution is -2.42. The van der Waals surface area contributed by atoms with Crippen molar-refractivity contribution in [3.63, 3.8) is 0 Å². The molecule has 0 aromatic carbocycles. The standard InChI is InChI=1S/C12H20BrNO3/c1-2-3-4-5-10(12(16)17)14-8-9(7-13)6-11(14)15/h9-10H,2-8H2,1H3,(H,16,17)/t9?,10-/m0/s1. The fourth-order valence-electron chi connectivity index (χ4n) is 2.21. The van der Waals surface area contributed by atoms with Crippen LogP contribution in [0.3, 0.4) is 0 Å². The van der Waals surface area contributed by atoms with E-state index in [1.807, 2.05) is 0 Å². The molecule has 1 amide bonds. The van der Waals surface area contributed by atoms with Gasteiger partial charge in [0.15, 0.2) is 0 Å². The Morgan fingerprint density at radius 2 is 2.29 bits per heavy atom. The largest absolute Gasteiger partial charge is 0.480 e. The van der Waals surface area contributed by atoms with E-state index in [1.165, 1.54) is 0 Å². The highest BCUT2D eigenvalue weighted by Crippen LogP contribution is 2.24. The van der Waals surface area contributed by atoms with E-state index < -0.39 is 12.0 Å². The van der Waals surface area contributed by atoms with Gasteiger partial charge in [0, 0.05) is 18.3 Å². The van der Waals surface area contributed by atoms with E-state index in [1.54, 1.807) is 4.90 Å². The first-order valence-electron chi connectivity index (χ1n) is 6.18. The van der Waals surface area contributed by atoms with E-state index >= 15 is 0 Å². The Morgan fingerprint density at radius 1 is 1.59 bits per heavy atom. The van der Waals surface area contributed by atoms with Crippen LogP contribution in [0.4, 0.5) is 0 Å². The average molecular weight is 306 g/mol. The van der Waals surface area contributed by atoms with E-state index in [9.17, 15) is 14.7 Å². The van der Waals surface area contributed by atoms with Gasteiger partial charge in [0.1, 0.15) is 6.04 Å². The SMILES string of the molecule is CCCCC[C@@H](C(=O)O)N1CC(CBr)CC1=O. The molecule has 1 aliphatic heterocycles. The smallest absolute Gasteiger partial charge is 0.326 e. The molecule has 0 spiro atoms. The monoisotopic (exact) mass is 305 g/mol. The number of likely N-dealkylation sites (tertiary alicyclic amines) is 1. The number of carbonyl (C=O) groups is 2. The lowest BCUT2D eigenvalue weighted by atomic mass is 10.1. The molecule has 1 fully saturated rings. The lowest BCUT2D eigenvalue weighted by molar-refractivity contribution is -0.148. The van der Waals surface area contributed by atoms with E-state index in [4.69, 9.17) is 0 Å². The van der Waals surface area contributed by atoms with Crippen LogP contribution in [0.15, 0.2) is 0 Å². The van der Waals surface area contributed by atoms with E-state index in [-0.39, 0.29) is 11.8 Å². The Bertz CT molecular complexity index is 283. The Labute approximate surface area is 110 Å². The number of halogens is 1. The number of unbranched alkanes of at least 4 members (excludes halogenated alkanes) is 2. The Kier molecular flexibility index (Phi) is 5.95. The van der Waals surface area contributed by atoms with Gasteiger partial charge in [0.2, 0.25) is 5.91 Å². The van der Waals surface area contributed by atoms with Crippen LogP contribution < -0.4 is 0 Å². The number of hydrogen-bond donors (Lipinski definition) is 1. The molecule has 1 unspecified atom stereocenters. The van der Waals surface area contributed by atoms with Crippen LogP contribution in [0.25, 0.3) is 0 Å². The van der Waals surface area contributed by atoms with Crippen LogP contribution in [-0.4, -0.2) is 39.8 Å². The molecule has 1 rings (SSSR count). The summed E-state index contributed by atoms with van der Waals surface area (Å²) in [5.74, 6) is -0.626. The summed E-state index contributed by atoms with van der Waals surface area (Å²) in [5, 5.41) is 9.96. The Morgan fingerprint density at radius 3 is 2.76 bits per heavy atom. The molecule has 0 radical (unpaired) electrons. The molecular weight excluding hydrogens is 286 g/mol. The summed E-state index contributed by atoms with van der Waals surface area (Å²) >= 11 is 3.35. The van der Waals surface area contributed by atoms with Crippen molar-refractivity contribution in [3.05, 3.63) is 0 Å². The van der Waals surface area contributed by atoms with Gasteiger partial charge in [0.25, 0.3) is 0 Å². The zero-order valence-corrected chi connectivity index (χ0v) is 11.8. The van der Waals surface area contributed by atoms with Gasteiger partial charge in [-0.25, -0.2) is 4.79 Å². The molecule has 0 aromatic rings. The third kappa shape index (κ3) is 3.98. The minimum absolute atomic E-state index is 0.0154. The van der Waals surface area contributed by atoms with Gasteiger partial charge in [0.05, 0.1) is 0 Å². The highest BCUT2D eigenvalue weighted by atomic mass is 79.9. The maximum absolute atomic E-state index is 11.8. The van der Waals surface area contributed by atoms with Crippen molar-refractivity contribution in [1.82, 2.24) is 4.90 Å². The molecule has 2 atom stereocenters. The Balaban J connectivity index is 2.58. The minimum atomic E-state index is -0.871. The summed E-state index contributed by atoms with van der Waals surface area (Å²) in [6.07, 6.45) is 4.00. The average Bonchev–Trinajstić information content (AvgIpc) is 2.65. The Hall–Kier alpha value is -0.580. The van der Waals surface area contributed by atoms with Gasteiger partial charge in [-0.3, -0.25) is 4.79 Å². The molecule has 1 saturated heterocycles. The van der Waals surface area contributed by atoms with Crippen molar-refractivity contribution in [2.24, 2.45) is 5.92 Å². The molecule has 5 heteroatoms. The highest BCUT2D eigenvalue weighted by molar-refractivity contribution is 9.09. The molecule has 0 saturated carbocycles. The highest BCUT2D eigenvalue weighted by Gasteiger charge is 2.36. The first-order chi connectivity index (χ1) is 8.10. The van der Waals surface area contributed by atoms with Gasteiger partial charge >= 0.3 is 5.97 Å². The topological polar surface area (TPSA) is 57.6 Å². The van der Waals surface area contributed by atoms with Crippen LogP contribution in [-0.2, 0) is 9.59 Å². The normalized spacial score (nSPS) is 21.9. The zero-order valence-electron chi connectivity index (χ0n) is 10.2. The third-order valence-electron chi connectivity index (χ3n) is 3.20. The summed E-state index contributed by atoms with van der Waals surface area (Å²) in [6, 6.07) is -0.627. The third-order valence-corrected chi connectivity index (χ3v) is 4.11. The molecule has 0 aromatic heterocycles. The first-order valence-corrected chi connectivity index (χ1v) is 7.30. The summed E-state index contributed by atoms with van der Waals surface area (Å²) in [4.78, 5) is 24.5. The van der Waals surface area contributed by atoms with Gasteiger partial charge in [-0.1, -0.05) is 42.1 Å². The van der Waals surface area contributed by atoms with E-state index in [0.717, 1.165) is 24.6 Å². The summed E-state index contributed by atoms with van der Waals surface area (Å²) in [5.41, 5.74) is 0. The lowest BCUT2D eigenvalue weighted by Gasteiger charge is -2.24. The molecule has 1 N–H and O–H groups in total. The van der Waals surface area contributed by atoms with Crippen molar-refractivity contribution in [2.75, 3.05) is 11.9 Å². The first kappa shape index (κ1) is 14.5. The van der Waals surface area contributed by atoms with Crippen LogP contribution >= 0.6 is 15.9 Å².